The molecule has 1 heterocycles. The molecule has 1 fully saturated rings. The molecule has 9 heteroatoms. The van der Waals surface area contributed by atoms with Crippen LogP contribution >= 0.6 is 0 Å². The Bertz CT molecular complexity index is 760. The Morgan fingerprint density at radius 3 is 2.52 bits per heavy atom. The standard InChI is InChI=1S/C16H15F3N2O4/c1-8-5-4-6-10(7-8)12(22)21-15(16(17,18)19)11(13(23)25-3)9(2)20-14(15)24/h4-7,11H,2H2,1,3H3,(H,20,24)(H,21,22)/t11-,15-/m1/s1. The fraction of sp³-hybridized carbons (Fsp3) is 0.312. The lowest BCUT2D eigenvalue weighted by molar-refractivity contribution is -0.206. The minimum absolute atomic E-state index is 0.0856. The number of esters is 1. The lowest BCUT2D eigenvalue weighted by Crippen LogP contribution is -2.67. The van der Waals surface area contributed by atoms with Gasteiger partial charge in [0.25, 0.3) is 11.8 Å². The average Bonchev–Trinajstić information content (AvgIpc) is 2.77. The van der Waals surface area contributed by atoms with Gasteiger partial charge in [-0.05, 0) is 19.1 Å². The molecule has 1 aliphatic heterocycles. The minimum Gasteiger partial charge on any atom is -0.468 e. The molecule has 2 rings (SSSR count). The van der Waals surface area contributed by atoms with Gasteiger partial charge < -0.3 is 15.4 Å². The van der Waals surface area contributed by atoms with Gasteiger partial charge in [0.2, 0.25) is 5.54 Å². The number of benzene rings is 1. The molecule has 1 aromatic carbocycles. The maximum Gasteiger partial charge on any atom is 0.421 e. The predicted octanol–water partition coefficient (Wildman–Crippen LogP) is 1.46. The van der Waals surface area contributed by atoms with E-state index < -0.39 is 41.1 Å². The van der Waals surface area contributed by atoms with Crippen molar-refractivity contribution in [2.24, 2.45) is 5.92 Å². The molecule has 0 saturated carbocycles. The third-order valence-electron chi connectivity index (χ3n) is 3.89. The maximum absolute atomic E-state index is 13.8. The number of nitrogens with one attached hydrogen (secondary N) is 2. The number of aryl methyl sites for hydroxylation is 1. The van der Waals surface area contributed by atoms with Crippen LogP contribution in [-0.2, 0) is 14.3 Å². The van der Waals surface area contributed by atoms with Gasteiger partial charge in [0.1, 0.15) is 5.92 Å². The average molecular weight is 356 g/mol. The van der Waals surface area contributed by atoms with Gasteiger partial charge in [0, 0.05) is 11.3 Å². The van der Waals surface area contributed by atoms with Crippen molar-refractivity contribution in [3.63, 3.8) is 0 Å². The van der Waals surface area contributed by atoms with E-state index in [-0.39, 0.29) is 5.56 Å². The second-order valence-corrected chi connectivity index (χ2v) is 5.56. The zero-order chi connectivity index (χ0) is 19.0. The Balaban J connectivity index is 2.55. The number of alkyl halides is 3. The number of amides is 2. The summed E-state index contributed by atoms with van der Waals surface area (Å²) in [5.41, 5.74) is -3.45. The quantitative estimate of drug-likeness (QED) is 0.803. The van der Waals surface area contributed by atoms with E-state index in [1.54, 1.807) is 18.3 Å². The Kier molecular flexibility index (Phi) is 4.61. The van der Waals surface area contributed by atoms with Crippen molar-refractivity contribution in [3.05, 3.63) is 47.7 Å². The van der Waals surface area contributed by atoms with E-state index in [0.29, 0.717) is 5.56 Å². The molecule has 25 heavy (non-hydrogen) atoms. The fourth-order valence-corrected chi connectivity index (χ4v) is 2.68. The Labute approximate surface area is 141 Å². The zero-order valence-electron chi connectivity index (χ0n) is 13.4. The second kappa shape index (κ2) is 6.23. The van der Waals surface area contributed by atoms with Crippen LogP contribution in [0.1, 0.15) is 15.9 Å². The molecular weight excluding hydrogens is 341 g/mol. The molecule has 1 aromatic rings. The molecule has 0 unspecified atom stereocenters. The first-order valence-electron chi connectivity index (χ1n) is 7.08. The summed E-state index contributed by atoms with van der Waals surface area (Å²) in [5, 5.41) is 3.56. The largest absolute Gasteiger partial charge is 0.468 e. The summed E-state index contributed by atoms with van der Waals surface area (Å²) in [6.07, 6.45) is -5.27. The Morgan fingerprint density at radius 1 is 1.36 bits per heavy atom. The van der Waals surface area contributed by atoms with Gasteiger partial charge in [-0.15, -0.1) is 0 Å². The van der Waals surface area contributed by atoms with Crippen molar-refractivity contribution in [3.8, 4) is 0 Å². The van der Waals surface area contributed by atoms with Crippen LogP contribution in [-0.4, -0.2) is 36.6 Å². The van der Waals surface area contributed by atoms with E-state index >= 15 is 0 Å². The van der Waals surface area contributed by atoms with E-state index in [1.807, 2.05) is 5.32 Å². The highest BCUT2D eigenvalue weighted by molar-refractivity contribution is 6.05. The third-order valence-corrected chi connectivity index (χ3v) is 3.89. The zero-order valence-corrected chi connectivity index (χ0v) is 13.4. The molecule has 2 N–H and O–H groups in total. The number of methoxy groups -OCH3 is 1. The molecule has 0 bridgehead atoms. The molecular formula is C16H15F3N2O4. The van der Waals surface area contributed by atoms with Crippen molar-refractivity contribution in [2.45, 2.75) is 18.6 Å². The Morgan fingerprint density at radius 2 is 2.00 bits per heavy atom. The molecule has 0 aromatic heterocycles. The van der Waals surface area contributed by atoms with Gasteiger partial charge in [-0.25, -0.2) is 0 Å². The van der Waals surface area contributed by atoms with Crippen LogP contribution in [0.3, 0.4) is 0 Å². The highest BCUT2D eigenvalue weighted by Crippen LogP contribution is 2.43. The first-order valence-corrected chi connectivity index (χ1v) is 7.08. The summed E-state index contributed by atoms with van der Waals surface area (Å²) in [4.78, 5) is 36.3. The summed E-state index contributed by atoms with van der Waals surface area (Å²) < 4.78 is 45.8. The fourth-order valence-electron chi connectivity index (χ4n) is 2.68. The van der Waals surface area contributed by atoms with Crippen molar-refractivity contribution in [1.82, 2.24) is 10.6 Å². The topological polar surface area (TPSA) is 84.5 Å². The molecule has 134 valence electrons. The van der Waals surface area contributed by atoms with Gasteiger partial charge in [-0.2, -0.15) is 13.2 Å². The van der Waals surface area contributed by atoms with Crippen molar-refractivity contribution < 1.29 is 32.3 Å². The van der Waals surface area contributed by atoms with Gasteiger partial charge in [-0.3, -0.25) is 14.4 Å². The molecule has 1 saturated heterocycles. The Hall–Kier alpha value is -2.84. The third kappa shape index (κ3) is 2.97. The molecule has 1 aliphatic rings. The van der Waals surface area contributed by atoms with Crippen LogP contribution in [0.5, 0.6) is 0 Å². The molecule has 6 nitrogen and oxygen atoms in total. The second-order valence-electron chi connectivity index (χ2n) is 5.56. The summed E-state index contributed by atoms with van der Waals surface area (Å²) in [6.45, 7) is 4.92. The van der Waals surface area contributed by atoms with Gasteiger partial charge in [-0.1, -0.05) is 24.3 Å². The minimum atomic E-state index is -5.27. The van der Waals surface area contributed by atoms with Crippen molar-refractivity contribution in [2.75, 3.05) is 7.11 Å². The smallest absolute Gasteiger partial charge is 0.421 e. The monoisotopic (exact) mass is 356 g/mol. The number of carbonyl (C=O) groups is 3. The number of ether oxygens (including phenoxy) is 1. The van der Waals surface area contributed by atoms with Crippen LogP contribution in [0, 0.1) is 12.8 Å². The first kappa shape index (κ1) is 18.5. The van der Waals surface area contributed by atoms with E-state index in [9.17, 15) is 27.6 Å². The summed E-state index contributed by atoms with van der Waals surface area (Å²) in [7, 11) is 0.877. The van der Waals surface area contributed by atoms with Crippen LogP contribution in [0.2, 0.25) is 0 Å². The molecule has 0 spiro atoms. The number of rotatable bonds is 3. The highest BCUT2D eigenvalue weighted by Gasteiger charge is 2.72. The highest BCUT2D eigenvalue weighted by atomic mass is 19.4. The van der Waals surface area contributed by atoms with Gasteiger partial charge in [0.15, 0.2) is 0 Å². The number of halogens is 3. The summed E-state index contributed by atoms with van der Waals surface area (Å²) >= 11 is 0. The van der Waals surface area contributed by atoms with Crippen LogP contribution < -0.4 is 10.6 Å². The van der Waals surface area contributed by atoms with E-state index in [1.165, 1.54) is 18.2 Å². The van der Waals surface area contributed by atoms with Gasteiger partial charge in [0.05, 0.1) is 7.11 Å². The predicted molar refractivity (Wildman–Crippen MR) is 80.2 cm³/mol. The van der Waals surface area contributed by atoms with Crippen LogP contribution in [0.15, 0.2) is 36.5 Å². The van der Waals surface area contributed by atoms with E-state index in [4.69, 9.17) is 0 Å². The lowest BCUT2D eigenvalue weighted by atomic mass is 9.83. The van der Waals surface area contributed by atoms with Crippen LogP contribution in [0.25, 0.3) is 0 Å². The molecule has 0 aliphatic carbocycles. The summed E-state index contributed by atoms with van der Waals surface area (Å²) in [5.74, 6) is -6.23. The maximum atomic E-state index is 13.8. The van der Waals surface area contributed by atoms with Crippen molar-refractivity contribution >= 4 is 17.8 Å². The molecule has 0 radical (unpaired) electrons. The van der Waals surface area contributed by atoms with E-state index in [2.05, 4.69) is 11.3 Å². The number of hydrogen-bond acceptors (Lipinski definition) is 4. The number of carbonyl (C=O) groups excluding carboxylic acids is 3. The molecule has 2 atom stereocenters. The van der Waals surface area contributed by atoms with Gasteiger partial charge >= 0.3 is 12.1 Å². The first-order chi connectivity index (χ1) is 11.5. The van der Waals surface area contributed by atoms with Crippen LogP contribution in [0.4, 0.5) is 13.2 Å². The number of hydrogen-bond donors (Lipinski definition) is 2. The SMILES string of the molecule is C=C1NC(=O)[C@@](NC(=O)c2cccc(C)c2)(C(F)(F)F)[C@H]1C(=O)OC. The lowest BCUT2D eigenvalue weighted by Gasteiger charge is -2.33. The van der Waals surface area contributed by atoms with E-state index in [0.717, 1.165) is 7.11 Å². The van der Waals surface area contributed by atoms with Crippen molar-refractivity contribution in [1.29, 1.82) is 0 Å². The normalized spacial score (nSPS) is 23.2. The summed E-state index contributed by atoms with van der Waals surface area (Å²) in [6, 6.07) is 5.78. The molecule has 2 amide bonds.